The molecule has 0 amide bonds. The molecule has 0 unspecified atom stereocenters. The van der Waals surface area contributed by atoms with Crippen molar-refractivity contribution in [2.45, 2.75) is 0 Å². The van der Waals surface area contributed by atoms with Gasteiger partial charge in [0.25, 0.3) is 0 Å². The minimum Gasteiger partial charge on any atom is -0.228 e. The standard InChI is InChI=1S/C48H30N2/c1-3-14-31(15-4-1)44-30-45(32-16-5-2-6-17-32)50-48(49-44)35-19-13-18-33(28-35)34-26-27-39-38-22-9-11-24-41(38)46-40-23-10-7-20-36(40)37-21-8-12-25-42(37)47(46)43(39)29-34/h1-30H. The van der Waals surface area contributed by atoms with Gasteiger partial charge in [-0.3, -0.25) is 0 Å². The lowest BCUT2D eigenvalue weighted by Gasteiger charge is -2.17. The second-order valence-corrected chi connectivity index (χ2v) is 12.9. The lowest BCUT2D eigenvalue weighted by atomic mass is 9.86. The summed E-state index contributed by atoms with van der Waals surface area (Å²) in [5.41, 5.74) is 7.22. The molecule has 0 radical (unpaired) electrons. The Balaban J connectivity index is 1.21. The highest BCUT2D eigenvalue weighted by Gasteiger charge is 2.17. The number of fused-ring (bicyclic) bond motifs is 11. The van der Waals surface area contributed by atoms with E-state index in [0.717, 1.165) is 39.2 Å². The van der Waals surface area contributed by atoms with E-state index >= 15 is 0 Å². The van der Waals surface area contributed by atoms with Crippen molar-refractivity contribution in [1.82, 2.24) is 9.97 Å². The Morgan fingerprint density at radius 2 is 0.640 bits per heavy atom. The third kappa shape index (κ3) is 4.57. The molecule has 0 aliphatic carbocycles. The number of nitrogens with zero attached hydrogens (tertiary/aromatic N) is 2. The molecule has 0 bridgehead atoms. The Morgan fingerprint density at radius 1 is 0.240 bits per heavy atom. The maximum atomic E-state index is 5.11. The summed E-state index contributed by atoms with van der Waals surface area (Å²) in [6.45, 7) is 0. The van der Waals surface area contributed by atoms with Crippen LogP contribution in [0.4, 0.5) is 0 Å². The van der Waals surface area contributed by atoms with Crippen molar-refractivity contribution in [2.75, 3.05) is 0 Å². The molecule has 1 heterocycles. The quantitative estimate of drug-likeness (QED) is 0.180. The van der Waals surface area contributed by atoms with E-state index in [9.17, 15) is 0 Å². The van der Waals surface area contributed by atoms with Crippen LogP contribution in [0.3, 0.4) is 0 Å². The summed E-state index contributed by atoms with van der Waals surface area (Å²) in [5, 5.41) is 12.8. The monoisotopic (exact) mass is 634 g/mol. The van der Waals surface area contributed by atoms with Crippen LogP contribution in [-0.2, 0) is 0 Å². The van der Waals surface area contributed by atoms with Gasteiger partial charge < -0.3 is 0 Å². The largest absolute Gasteiger partial charge is 0.228 e. The Hall–Kier alpha value is -6.64. The maximum absolute atomic E-state index is 5.11. The minimum atomic E-state index is 0.710. The van der Waals surface area contributed by atoms with Gasteiger partial charge in [-0.25, -0.2) is 9.97 Å². The van der Waals surface area contributed by atoms with E-state index in [0.29, 0.717) is 5.82 Å². The van der Waals surface area contributed by atoms with E-state index in [1.165, 1.54) is 53.9 Å². The van der Waals surface area contributed by atoms with Crippen molar-refractivity contribution in [3.05, 3.63) is 182 Å². The van der Waals surface area contributed by atoms with Crippen LogP contribution in [0.25, 0.3) is 98.9 Å². The summed E-state index contributed by atoms with van der Waals surface area (Å²) < 4.78 is 0. The zero-order chi connectivity index (χ0) is 33.0. The lowest BCUT2D eigenvalue weighted by molar-refractivity contribution is 1.18. The fourth-order valence-corrected chi connectivity index (χ4v) is 7.73. The zero-order valence-electron chi connectivity index (χ0n) is 27.2. The van der Waals surface area contributed by atoms with Crippen molar-refractivity contribution < 1.29 is 0 Å². The molecule has 1 aromatic heterocycles. The Morgan fingerprint density at radius 3 is 1.18 bits per heavy atom. The van der Waals surface area contributed by atoms with Crippen LogP contribution in [0.2, 0.25) is 0 Å². The number of rotatable bonds is 4. The molecule has 0 aliphatic heterocycles. The lowest BCUT2D eigenvalue weighted by Crippen LogP contribution is -1.96. The van der Waals surface area contributed by atoms with E-state index in [-0.39, 0.29) is 0 Å². The summed E-state index contributed by atoms with van der Waals surface area (Å²) >= 11 is 0. The van der Waals surface area contributed by atoms with Crippen LogP contribution >= 0.6 is 0 Å². The third-order valence-corrected chi connectivity index (χ3v) is 10.0. The molecule has 0 aliphatic rings. The van der Waals surface area contributed by atoms with Crippen molar-refractivity contribution in [1.29, 1.82) is 0 Å². The van der Waals surface area contributed by atoms with Gasteiger partial charge in [-0.15, -0.1) is 0 Å². The topological polar surface area (TPSA) is 25.8 Å². The first-order chi connectivity index (χ1) is 24.8. The summed E-state index contributed by atoms with van der Waals surface area (Å²) in [7, 11) is 0. The van der Waals surface area contributed by atoms with Crippen LogP contribution in [-0.4, -0.2) is 9.97 Å². The van der Waals surface area contributed by atoms with Gasteiger partial charge in [0.15, 0.2) is 5.82 Å². The summed E-state index contributed by atoms with van der Waals surface area (Å²) in [5.74, 6) is 0.710. The van der Waals surface area contributed by atoms with Crippen LogP contribution in [0.15, 0.2) is 182 Å². The van der Waals surface area contributed by atoms with Crippen molar-refractivity contribution in [2.24, 2.45) is 0 Å². The number of hydrogen-bond donors (Lipinski definition) is 0. The first kappa shape index (κ1) is 28.4. The van der Waals surface area contributed by atoms with E-state index in [1.807, 2.05) is 12.1 Å². The van der Waals surface area contributed by atoms with Crippen LogP contribution < -0.4 is 0 Å². The molecule has 0 fully saturated rings. The van der Waals surface area contributed by atoms with Gasteiger partial charge >= 0.3 is 0 Å². The van der Waals surface area contributed by atoms with Gasteiger partial charge in [0.1, 0.15) is 0 Å². The molecular formula is C48H30N2. The van der Waals surface area contributed by atoms with Gasteiger partial charge in [0.05, 0.1) is 11.4 Å². The average Bonchev–Trinajstić information content (AvgIpc) is 3.21. The van der Waals surface area contributed by atoms with E-state index < -0.39 is 0 Å². The SMILES string of the molecule is c1ccc(-c2cc(-c3ccccc3)nc(-c3cccc(-c4ccc5c6ccccc6c6c7ccccc7c7ccccc7c6c5c4)c3)n2)cc1. The molecule has 10 rings (SSSR count). The van der Waals surface area contributed by atoms with Crippen LogP contribution in [0.1, 0.15) is 0 Å². The fraction of sp³-hybridized carbons (Fsp3) is 0. The van der Waals surface area contributed by atoms with Gasteiger partial charge in [0.2, 0.25) is 0 Å². The molecule has 0 saturated carbocycles. The van der Waals surface area contributed by atoms with E-state index in [2.05, 4.69) is 170 Å². The summed E-state index contributed by atoms with van der Waals surface area (Å²) in [4.78, 5) is 10.2. The molecule has 50 heavy (non-hydrogen) atoms. The number of aromatic nitrogens is 2. The minimum absolute atomic E-state index is 0.710. The molecule has 0 saturated heterocycles. The first-order valence-corrected chi connectivity index (χ1v) is 17.1. The predicted octanol–water partition coefficient (Wildman–Crippen LogP) is 12.9. The Bertz CT molecular complexity index is 2840. The molecule has 2 nitrogen and oxygen atoms in total. The van der Waals surface area contributed by atoms with Crippen molar-refractivity contribution >= 4 is 53.9 Å². The van der Waals surface area contributed by atoms with Crippen LogP contribution in [0.5, 0.6) is 0 Å². The van der Waals surface area contributed by atoms with Crippen molar-refractivity contribution in [3.63, 3.8) is 0 Å². The molecule has 0 atom stereocenters. The second-order valence-electron chi connectivity index (χ2n) is 12.9. The summed E-state index contributed by atoms with van der Waals surface area (Å²) in [6, 6.07) is 65.0. The van der Waals surface area contributed by atoms with Gasteiger partial charge in [0, 0.05) is 16.7 Å². The van der Waals surface area contributed by atoms with E-state index in [4.69, 9.17) is 9.97 Å². The Labute approximate surface area is 290 Å². The molecular weight excluding hydrogens is 605 g/mol. The number of benzene rings is 9. The van der Waals surface area contributed by atoms with Gasteiger partial charge in [-0.05, 0) is 83.2 Å². The average molecular weight is 635 g/mol. The normalized spacial score (nSPS) is 11.6. The van der Waals surface area contributed by atoms with Gasteiger partial charge in [-0.2, -0.15) is 0 Å². The first-order valence-electron chi connectivity index (χ1n) is 17.1. The summed E-state index contributed by atoms with van der Waals surface area (Å²) in [6.07, 6.45) is 0. The molecule has 0 N–H and O–H groups in total. The fourth-order valence-electron chi connectivity index (χ4n) is 7.73. The van der Waals surface area contributed by atoms with Gasteiger partial charge in [-0.1, -0.05) is 164 Å². The van der Waals surface area contributed by atoms with E-state index in [1.54, 1.807) is 0 Å². The van der Waals surface area contributed by atoms with Crippen molar-refractivity contribution in [3.8, 4) is 45.0 Å². The zero-order valence-corrected chi connectivity index (χ0v) is 27.2. The highest BCUT2D eigenvalue weighted by atomic mass is 14.9. The third-order valence-electron chi connectivity index (χ3n) is 10.0. The highest BCUT2D eigenvalue weighted by molar-refractivity contribution is 6.39. The predicted molar refractivity (Wildman–Crippen MR) is 211 cm³/mol. The van der Waals surface area contributed by atoms with Crippen LogP contribution in [0, 0.1) is 0 Å². The number of hydrogen-bond acceptors (Lipinski definition) is 2. The molecule has 232 valence electrons. The maximum Gasteiger partial charge on any atom is 0.160 e. The Kier molecular flexibility index (Phi) is 6.53. The second kappa shape index (κ2) is 11.5. The molecule has 9 aromatic carbocycles. The smallest absolute Gasteiger partial charge is 0.160 e. The molecule has 10 aromatic rings. The highest BCUT2D eigenvalue weighted by Crippen LogP contribution is 2.44. The molecule has 2 heteroatoms. The molecule has 0 spiro atoms.